The fourth-order valence-electron chi connectivity index (χ4n) is 1.17. The zero-order valence-corrected chi connectivity index (χ0v) is 9.35. The van der Waals surface area contributed by atoms with E-state index in [0.717, 1.165) is 23.5 Å². The van der Waals surface area contributed by atoms with Gasteiger partial charge < -0.3 is 0 Å². The number of benzene rings is 1. The molecule has 0 N–H and O–H groups in total. The van der Waals surface area contributed by atoms with E-state index in [9.17, 15) is 4.21 Å². The number of hydrogen-bond donors (Lipinski definition) is 0. The van der Waals surface area contributed by atoms with Crippen molar-refractivity contribution in [3.63, 3.8) is 0 Å². The van der Waals surface area contributed by atoms with Crippen LogP contribution in [0.2, 0.25) is 0 Å². The molecule has 1 rings (SSSR count). The lowest BCUT2D eigenvalue weighted by molar-refractivity contribution is 0.680. The Kier molecular flexibility index (Phi) is 4.60. The molecule has 0 radical (unpaired) electrons. The smallest absolute Gasteiger partial charge is 0.0529 e. The van der Waals surface area contributed by atoms with E-state index in [1.54, 1.807) is 0 Å². The molecule has 0 saturated carbocycles. The van der Waals surface area contributed by atoms with Gasteiger partial charge in [-0.05, 0) is 31.9 Å². The first kappa shape index (κ1) is 11.2. The molecule has 1 aromatic carbocycles. The summed E-state index contributed by atoms with van der Waals surface area (Å²) >= 11 is 0. The molecule has 0 bridgehead atoms. The summed E-state index contributed by atoms with van der Waals surface area (Å²) in [5, 5.41) is 0. The summed E-state index contributed by atoms with van der Waals surface area (Å²) in [6, 6.07) is 7.89. The van der Waals surface area contributed by atoms with Gasteiger partial charge in [-0.1, -0.05) is 23.8 Å². The van der Waals surface area contributed by atoms with Gasteiger partial charge in [0.2, 0.25) is 0 Å². The molecule has 2 heteroatoms. The van der Waals surface area contributed by atoms with E-state index in [-0.39, 0.29) is 0 Å². The minimum atomic E-state index is -0.841. The summed E-state index contributed by atoms with van der Waals surface area (Å²) in [6.45, 7) is 5.68. The maximum absolute atomic E-state index is 11.7. The van der Waals surface area contributed by atoms with Crippen LogP contribution < -0.4 is 0 Å². The molecule has 0 aliphatic rings. The zero-order valence-electron chi connectivity index (χ0n) is 8.53. The Labute approximate surface area is 88.3 Å². The monoisotopic (exact) mass is 208 g/mol. The first-order chi connectivity index (χ1) is 6.74. The van der Waals surface area contributed by atoms with Gasteiger partial charge in [-0.15, -0.1) is 6.58 Å². The largest absolute Gasteiger partial charge is 0.254 e. The molecule has 1 unspecified atom stereocenters. The number of unbranched alkanes of at least 4 members (excludes halogenated alkanes) is 1. The molecule has 0 saturated heterocycles. The summed E-state index contributed by atoms with van der Waals surface area (Å²) in [4.78, 5) is 0.930. The lowest BCUT2D eigenvalue weighted by Crippen LogP contribution is -1.97. The van der Waals surface area contributed by atoms with E-state index in [4.69, 9.17) is 0 Å². The SMILES string of the molecule is C=CCCCS(=O)c1ccc(C)cc1. The van der Waals surface area contributed by atoms with Crippen molar-refractivity contribution in [1.29, 1.82) is 0 Å². The minimum Gasteiger partial charge on any atom is -0.254 e. The Hall–Kier alpha value is -0.890. The topological polar surface area (TPSA) is 17.1 Å². The standard InChI is InChI=1S/C12H16OS/c1-3-4-5-10-14(13)12-8-6-11(2)7-9-12/h3,6-9H,1,4-5,10H2,2H3. The predicted molar refractivity (Wildman–Crippen MR) is 61.9 cm³/mol. The average molecular weight is 208 g/mol. The lowest BCUT2D eigenvalue weighted by Gasteiger charge is -2.01. The molecule has 1 nitrogen and oxygen atoms in total. The van der Waals surface area contributed by atoms with Crippen molar-refractivity contribution in [2.24, 2.45) is 0 Å². The third kappa shape index (κ3) is 3.46. The fraction of sp³-hybridized carbons (Fsp3) is 0.333. The molecule has 0 amide bonds. The van der Waals surface area contributed by atoms with Crippen LogP contribution in [0.4, 0.5) is 0 Å². The molecule has 0 spiro atoms. The third-order valence-corrected chi connectivity index (χ3v) is 3.48. The number of rotatable bonds is 5. The Morgan fingerprint density at radius 1 is 1.36 bits per heavy atom. The molecule has 0 fully saturated rings. The van der Waals surface area contributed by atoms with E-state index >= 15 is 0 Å². The van der Waals surface area contributed by atoms with E-state index in [0.29, 0.717) is 0 Å². The lowest BCUT2D eigenvalue weighted by atomic mass is 10.2. The molecule has 14 heavy (non-hydrogen) atoms. The molecule has 0 heterocycles. The maximum atomic E-state index is 11.7. The molecule has 0 aliphatic heterocycles. The highest BCUT2D eigenvalue weighted by atomic mass is 32.2. The van der Waals surface area contributed by atoms with Gasteiger partial charge in [0.05, 0.1) is 10.8 Å². The van der Waals surface area contributed by atoms with E-state index < -0.39 is 10.8 Å². The predicted octanol–water partition coefficient (Wildman–Crippen LogP) is 3.07. The van der Waals surface area contributed by atoms with Gasteiger partial charge in [0.15, 0.2) is 0 Å². The summed E-state index contributed by atoms with van der Waals surface area (Å²) < 4.78 is 11.7. The molecule has 0 aromatic heterocycles. The van der Waals surface area contributed by atoms with Crippen LogP contribution in [-0.4, -0.2) is 9.96 Å². The highest BCUT2D eigenvalue weighted by Gasteiger charge is 2.01. The fourth-order valence-corrected chi connectivity index (χ4v) is 2.27. The Bertz CT molecular complexity index is 314. The van der Waals surface area contributed by atoms with Crippen LogP contribution in [0.1, 0.15) is 18.4 Å². The third-order valence-electron chi connectivity index (χ3n) is 2.02. The van der Waals surface area contributed by atoms with Gasteiger partial charge in [0.1, 0.15) is 0 Å². The van der Waals surface area contributed by atoms with Crippen LogP contribution in [0.3, 0.4) is 0 Å². The maximum Gasteiger partial charge on any atom is 0.0529 e. The Morgan fingerprint density at radius 3 is 2.57 bits per heavy atom. The van der Waals surface area contributed by atoms with Crippen molar-refractivity contribution in [1.82, 2.24) is 0 Å². The molecule has 1 aromatic rings. The van der Waals surface area contributed by atoms with Gasteiger partial charge >= 0.3 is 0 Å². The molecular formula is C12H16OS. The van der Waals surface area contributed by atoms with E-state index in [1.807, 2.05) is 37.3 Å². The second-order valence-electron chi connectivity index (χ2n) is 3.29. The van der Waals surface area contributed by atoms with Crippen molar-refractivity contribution in [3.05, 3.63) is 42.5 Å². The number of allylic oxidation sites excluding steroid dienone is 1. The van der Waals surface area contributed by atoms with Crippen molar-refractivity contribution in [2.45, 2.75) is 24.7 Å². The van der Waals surface area contributed by atoms with Crippen molar-refractivity contribution < 1.29 is 4.21 Å². The summed E-state index contributed by atoms with van der Waals surface area (Å²) in [7, 11) is -0.841. The zero-order chi connectivity index (χ0) is 10.4. The van der Waals surface area contributed by atoms with Gasteiger partial charge in [0.25, 0.3) is 0 Å². The van der Waals surface area contributed by atoms with Crippen LogP contribution in [0.25, 0.3) is 0 Å². The van der Waals surface area contributed by atoms with Crippen LogP contribution in [0.5, 0.6) is 0 Å². The average Bonchev–Trinajstić information content (AvgIpc) is 2.19. The molecule has 0 aliphatic carbocycles. The highest BCUT2D eigenvalue weighted by molar-refractivity contribution is 7.85. The minimum absolute atomic E-state index is 0.731. The Morgan fingerprint density at radius 2 is 2.00 bits per heavy atom. The van der Waals surface area contributed by atoms with E-state index in [1.165, 1.54) is 5.56 Å². The first-order valence-electron chi connectivity index (χ1n) is 4.80. The second-order valence-corrected chi connectivity index (χ2v) is 4.86. The van der Waals surface area contributed by atoms with Crippen LogP contribution in [0.15, 0.2) is 41.8 Å². The molecule has 76 valence electrons. The van der Waals surface area contributed by atoms with Gasteiger partial charge in [0, 0.05) is 10.6 Å². The summed E-state index contributed by atoms with van der Waals surface area (Å²) in [6.07, 6.45) is 3.76. The van der Waals surface area contributed by atoms with Crippen molar-refractivity contribution in [2.75, 3.05) is 5.75 Å². The number of hydrogen-bond acceptors (Lipinski definition) is 1. The normalized spacial score (nSPS) is 12.4. The molecule has 1 atom stereocenters. The summed E-state index contributed by atoms with van der Waals surface area (Å²) in [5.74, 6) is 0.731. The molecular weight excluding hydrogens is 192 g/mol. The quantitative estimate of drug-likeness (QED) is 0.537. The Balaban J connectivity index is 2.52. The number of aryl methyl sites for hydroxylation is 1. The highest BCUT2D eigenvalue weighted by Crippen LogP contribution is 2.09. The van der Waals surface area contributed by atoms with Crippen molar-refractivity contribution >= 4 is 10.8 Å². The van der Waals surface area contributed by atoms with Gasteiger partial charge in [-0.3, -0.25) is 4.21 Å². The van der Waals surface area contributed by atoms with Gasteiger partial charge in [-0.25, -0.2) is 0 Å². The second kappa shape index (κ2) is 5.76. The van der Waals surface area contributed by atoms with E-state index in [2.05, 4.69) is 6.58 Å². The van der Waals surface area contributed by atoms with Crippen LogP contribution in [0, 0.1) is 6.92 Å². The summed E-state index contributed by atoms with van der Waals surface area (Å²) in [5.41, 5.74) is 1.21. The van der Waals surface area contributed by atoms with Gasteiger partial charge in [-0.2, -0.15) is 0 Å². The van der Waals surface area contributed by atoms with Crippen LogP contribution >= 0.6 is 0 Å². The van der Waals surface area contributed by atoms with Crippen molar-refractivity contribution in [3.8, 4) is 0 Å². The van der Waals surface area contributed by atoms with Crippen LogP contribution in [-0.2, 0) is 10.8 Å². The first-order valence-corrected chi connectivity index (χ1v) is 6.12.